The largest absolute Gasteiger partial charge is 0.493 e. The van der Waals surface area contributed by atoms with Gasteiger partial charge in [-0.25, -0.2) is 4.98 Å². The Morgan fingerprint density at radius 1 is 1.39 bits per heavy atom. The number of thiophene rings is 1. The van der Waals surface area contributed by atoms with Crippen molar-refractivity contribution in [3.8, 4) is 22.1 Å². The summed E-state index contributed by atoms with van der Waals surface area (Å²) in [5, 5.41) is 20.1. The Balaban J connectivity index is 1.77. The fourth-order valence-corrected chi connectivity index (χ4v) is 3.76. The molecule has 0 atom stereocenters. The summed E-state index contributed by atoms with van der Waals surface area (Å²) in [6, 6.07) is 7.01. The van der Waals surface area contributed by atoms with E-state index in [0.717, 1.165) is 17.0 Å². The van der Waals surface area contributed by atoms with Crippen molar-refractivity contribution in [3.05, 3.63) is 50.7 Å². The first-order valence-electron chi connectivity index (χ1n) is 8.40. The number of anilines is 1. The Morgan fingerprint density at radius 2 is 2.25 bits per heavy atom. The molecule has 2 heterocycles. The zero-order chi connectivity index (χ0) is 19.9. The molecule has 0 aliphatic rings. The van der Waals surface area contributed by atoms with E-state index in [1.165, 1.54) is 30.7 Å². The van der Waals surface area contributed by atoms with Gasteiger partial charge in [-0.05, 0) is 23.9 Å². The lowest BCUT2D eigenvalue weighted by Gasteiger charge is -2.11. The molecule has 0 spiro atoms. The summed E-state index contributed by atoms with van der Waals surface area (Å²) in [6.45, 7) is 2.29. The van der Waals surface area contributed by atoms with E-state index in [4.69, 9.17) is 9.47 Å². The molecule has 28 heavy (non-hydrogen) atoms. The smallest absolute Gasteiger partial charge is 0.315 e. The molecule has 0 fully saturated rings. The average molecular weight is 419 g/mol. The molecule has 146 valence electrons. The first-order valence-corrected chi connectivity index (χ1v) is 10.2. The second-order valence-electron chi connectivity index (χ2n) is 5.56. The number of methoxy groups -OCH3 is 1. The highest BCUT2D eigenvalue weighted by molar-refractivity contribution is 7.15. The standard InChI is InChI=1S/C18H18N4O4S2/c1-3-6-26-17-14(22(23)24)8-12(9-15(17)25-2)10-19-21-18-20-13(11-28-18)16-5-4-7-27-16/h4-5,7-11H,3,6H2,1-2H3,(H,20,21)/b19-10-. The normalized spacial score (nSPS) is 10.9. The van der Waals surface area contributed by atoms with Gasteiger partial charge in [0.05, 0.1) is 35.4 Å². The van der Waals surface area contributed by atoms with Crippen LogP contribution in [-0.2, 0) is 0 Å². The van der Waals surface area contributed by atoms with Gasteiger partial charge in [-0.15, -0.1) is 22.7 Å². The molecule has 0 saturated carbocycles. The maximum Gasteiger partial charge on any atom is 0.315 e. The Kier molecular flexibility index (Phi) is 6.56. The van der Waals surface area contributed by atoms with Crippen molar-refractivity contribution in [1.82, 2.24) is 4.98 Å². The van der Waals surface area contributed by atoms with Crippen LogP contribution in [-0.4, -0.2) is 29.8 Å². The highest BCUT2D eigenvalue weighted by Crippen LogP contribution is 2.38. The van der Waals surface area contributed by atoms with Gasteiger partial charge in [-0.1, -0.05) is 13.0 Å². The van der Waals surface area contributed by atoms with E-state index in [9.17, 15) is 10.1 Å². The van der Waals surface area contributed by atoms with Crippen LogP contribution in [0.5, 0.6) is 11.5 Å². The van der Waals surface area contributed by atoms with E-state index in [1.54, 1.807) is 17.4 Å². The van der Waals surface area contributed by atoms with Crippen LogP contribution in [0.2, 0.25) is 0 Å². The molecule has 0 saturated heterocycles. The van der Waals surface area contributed by atoms with Crippen molar-refractivity contribution in [1.29, 1.82) is 0 Å². The first-order chi connectivity index (χ1) is 13.6. The Morgan fingerprint density at radius 3 is 2.93 bits per heavy atom. The van der Waals surface area contributed by atoms with Crippen molar-refractivity contribution < 1.29 is 14.4 Å². The number of aromatic nitrogens is 1. The Bertz CT molecular complexity index is 970. The molecule has 1 N–H and O–H groups in total. The van der Waals surface area contributed by atoms with Gasteiger partial charge in [0, 0.05) is 17.0 Å². The minimum absolute atomic E-state index is 0.125. The van der Waals surface area contributed by atoms with Gasteiger partial charge in [0.25, 0.3) is 0 Å². The third-order valence-electron chi connectivity index (χ3n) is 3.58. The summed E-state index contributed by atoms with van der Waals surface area (Å²) in [7, 11) is 1.44. The van der Waals surface area contributed by atoms with Gasteiger partial charge in [0.15, 0.2) is 5.75 Å². The van der Waals surface area contributed by atoms with Crippen LogP contribution >= 0.6 is 22.7 Å². The Hall–Kier alpha value is -2.98. The monoisotopic (exact) mass is 418 g/mol. The number of hydrazone groups is 1. The summed E-state index contributed by atoms with van der Waals surface area (Å²) in [5.74, 6) is 0.415. The van der Waals surface area contributed by atoms with Gasteiger partial charge in [-0.2, -0.15) is 5.10 Å². The summed E-state index contributed by atoms with van der Waals surface area (Å²) in [5.41, 5.74) is 4.08. The number of thiazole rings is 1. The number of hydrogen-bond acceptors (Lipinski definition) is 9. The molecule has 0 unspecified atom stereocenters. The molecule has 10 heteroatoms. The molecule has 0 amide bonds. The zero-order valence-corrected chi connectivity index (χ0v) is 16.9. The van der Waals surface area contributed by atoms with Crippen LogP contribution in [0.1, 0.15) is 18.9 Å². The van der Waals surface area contributed by atoms with Crippen LogP contribution in [0.3, 0.4) is 0 Å². The van der Waals surface area contributed by atoms with E-state index in [1.807, 2.05) is 29.8 Å². The van der Waals surface area contributed by atoms with E-state index >= 15 is 0 Å². The SMILES string of the molecule is CCCOc1c(OC)cc(/C=N\Nc2nc(-c3cccs3)cs2)cc1[N+](=O)[O-]. The highest BCUT2D eigenvalue weighted by atomic mass is 32.1. The zero-order valence-electron chi connectivity index (χ0n) is 15.2. The molecule has 0 aliphatic heterocycles. The van der Waals surface area contributed by atoms with E-state index in [-0.39, 0.29) is 11.4 Å². The second kappa shape index (κ2) is 9.29. The van der Waals surface area contributed by atoms with E-state index < -0.39 is 4.92 Å². The maximum atomic E-state index is 11.4. The van der Waals surface area contributed by atoms with Gasteiger partial charge in [0.2, 0.25) is 10.9 Å². The van der Waals surface area contributed by atoms with Crippen LogP contribution in [0, 0.1) is 10.1 Å². The van der Waals surface area contributed by atoms with Gasteiger partial charge in [0.1, 0.15) is 0 Å². The van der Waals surface area contributed by atoms with Crippen molar-refractivity contribution >= 4 is 39.7 Å². The summed E-state index contributed by atoms with van der Waals surface area (Å²) >= 11 is 3.04. The molecule has 0 radical (unpaired) electrons. The Labute approximate surface area is 169 Å². The van der Waals surface area contributed by atoms with E-state index in [2.05, 4.69) is 15.5 Å². The number of benzene rings is 1. The number of ether oxygens (including phenoxy) is 2. The van der Waals surface area contributed by atoms with Crippen LogP contribution in [0.25, 0.3) is 10.6 Å². The van der Waals surface area contributed by atoms with Crippen molar-refractivity contribution in [2.24, 2.45) is 5.10 Å². The lowest BCUT2D eigenvalue weighted by molar-refractivity contribution is -0.386. The molecule has 1 aromatic carbocycles. The quantitative estimate of drug-likeness (QED) is 0.297. The summed E-state index contributed by atoms with van der Waals surface area (Å²) < 4.78 is 10.8. The third kappa shape index (κ3) is 4.65. The van der Waals surface area contributed by atoms with E-state index in [0.29, 0.717) is 23.1 Å². The van der Waals surface area contributed by atoms with Gasteiger partial charge < -0.3 is 9.47 Å². The third-order valence-corrected chi connectivity index (χ3v) is 5.22. The number of nitro groups is 1. The molecule has 8 nitrogen and oxygen atoms in total. The fraction of sp³-hybridized carbons (Fsp3) is 0.222. The highest BCUT2D eigenvalue weighted by Gasteiger charge is 2.21. The molecule has 3 aromatic rings. The predicted molar refractivity (Wildman–Crippen MR) is 112 cm³/mol. The van der Waals surface area contributed by atoms with Crippen molar-refractivity contribution in [2.75, 3.05) is 19.1 Å². The van der Waals surface area contributed by atoms with Crippen molar-refractivity contribution in [3.63, 3.8) is 0 Å². The predicted octanol–water partition coefficient (Wildman–Crippen LogP) is 5.02. The number of nitrogens with zero attached hydrogens (tertiary/aromatic N) is 3. The van der Waals surface area contributed by atoms with Gasteiger partial charge >= 0.3 is 5.69 Å². The molecule has 3 rings (SSSR count). The number of nitrogens with one attached hydrogen (secondary N) is 1. The molecule has 0 aliphatic carbocycles. The maximum absolute atomic E-state index is 11.4. The van der Waals surface area contributed by atoms with Crippen LogP contribution < -0.4 is 14.9 Å². The first kappa shape index (κ1) is 19.8. The minimum Gasteiger partial charge on any atom is -0.493 e. The number of nitro benzene ring substituents is 1. The number of rotatable bonds is 9. The van der Waals surface area contributed by atoms with Crippen LogP contribution in [0.4, 0.5) is 10.8 Å². The molecular formula is C18H18N4O4S2. The fourth-order valence-electron chi connectivity index (χ4n) is 2.34. The second-order valence-corrected chi connectivity index (χ2v) is 7.37. The lowest BCUT2D eigenvalue weighted by Crippen LogP contribution is -2.03. The van der Waals surface area contributed by atoms with Crippen molar-refractivity contribution in [2.45, 2.75) is 13.3 Å². The van der Waals surface area contributed by atoms with Crippen LogP contribution in [0.15, 0.2) is 40.1 Å². The lowest BCUT2D eigenvalue weighted by atomic mass is 10.2. The molecular weight excluding hydrogens is 400 g/mol. The summed E-state index contributed by atoms with van der Waals surface area (Å²) in [6.07, 6.45) is 2.21. The summed E-state index contributed by atoms with van der Waals surface area (Å²) in [4.78, 5) is 16.5. The topological polar surface area (TPSA) is 98.9 Å². The molecule has 0 bridgehead atoms. The number of hydrogen-bond donors (Lipinski definition) is 1. The minimum atomic E-state index is -0.494. The molecule has 2 aromatic heterocycles. The van der Waals surface area contributed by atoms with Gasteiger partial charge in [-0.3, -0.25) is 15.5 Å². The average Bonchev–Trinajstić information content (AvgIpc) is 3.37.